The molecule has 0 aliphatic carbocycles. The average molecular weight is 427 g/mol. The summed E-state index contributed by atoms with van der Waals surface area (Å²) in [6.45, 7) is 3.99. The van der Waals surface area contributed by atoms with Gasteiger partial charge in [-0.1, -0.05) is 24.6 Å². The smallest absolute Gasteiger partial charge is 0.330 e. The molecule has 0 aliphatic rings. The SMILES string of the molecule is CCCCn1c(N)c(N(C)C(=O)c2nnn(-c3cccc(OC)c3)c2C)c(=O)[nH]c1=O. The van der Waals surface area contributed by atoms with Crippen molar-refractivity contribution < 1.29 is 9.53 Å². The molecule has 11 nitrogen and oxygen atoms in total. The summed E-state index contributed by atoms with van der Waals surface area (Å²) in [5.41, 5.74) is 5.82. The summed E-state index contributed by atoms with van der Waals surface area (Å²) in [7, 11) is 2.96. The molecule has 0 unspecified atom stereocenters. The van der Waals surface area contributed by atoms with Crippen LogP contribution in [0.3, 0.4) is 0 Å². The Morgan fingerprint density at radius 3 is 2.74 bits per heavy atom. The zero-order valence-corrected chi connectivity index (χ0v) is 17.9. The quantitative estimate of drug-likeness (QED) is 0.575. The molecule has 164 valence electrons. The number of nitrogens with one attached hydrogen (secondary N) is 1. The number of nitrogens with zero attached hydrogens (tertiary/aromatic N) is 5. The summed E-state index contributed by atoms with van der Waals surface area (Å²) in [5.74, 6) is -0.0218. The predicted octanol–water partition coefficient (Wildman–Crippen LogP) is 1.09. The number of aromatic nitrogens is 5. The highest BCUT2D eigenvalue weighted by Crippen LogP contribution is 2.21. The molecule has 2 heterocycles. The summed E-state index contributed by atoms with van der Waals surface area (Å²) in [5, 5.41) is 8.07. The second kappa shape index (κ2) is 8.86. The number of hydrogen-bond donors (Lipinski definition) is 2. The summed E-state index contributed by atoms with van der Waals surface area (Å²) in [6, 6.07) is 7.14. The van der Waals surface area contributed by atoms with Crippen molar-refractivity contribution in [2.75, 3.05) is 24.8 Å². The maximum atomic E-state index is 13.1. The average Bonchev–Trinajstić information content (AvgIpc) is 3.14. The monoisotopic (exact) mass is 427 g/mol. The normalized spacial score (nSPS) is 10.8. The van der Waals surface area contributed by atoms with Crippen LogP contribution in [0.15, 0.2) is 33.9 Å². The van der Waals surface area contributed by atoms with Gasteiger partial charge >= 0.3 is 5.69 Å². The van der Waals surface area contributed by atoms with Gasteiger partial charge in [-0.15, -0.1) is 5.10 Å². The molecule has 11 heteroatoms. The van der Waals surface area contributed by atoms with Crippen molar-refractivity contribution in [1.82, 2.24) is 24.5 Å². The van der Waals surface area contributed by atoms with Crippen LogP contribution in [0.2, 0.25) is 0 Å². The van der Waals surface area contributed by atoms with E-state index < -0.39 is 17.2 Å². The van der Waals surface area contributed by atoms with Crippen LogP contribution in [0.5, 0.6) is 5.75 Å². The van der Waals surface area contributed by atoms with Gasteiger partial charge in [-0.25, -0.2) is 9.48 Å². The Labute approximate surface area is 178 Å². The number of hydrogen-bond acceptors (Lipinski definition) is 7. The lowest BCUT2D eigenvalue weighted by molar-refractivity contribution is 0.0987. The number of carbonyl (C=O) groups excluding carboxylic acids is 1. The number of amides is 1. The molecule has 0 aliphatic heterocycles. The fourth-order valence-electron chi connectivity index (χ4n) is 3.21. The topological polar surface area (TPSA) is 141 Å². The number of unbranched alkanes of at least 4 members (excludes halogenated alkanes) is 1. The number of benzene rings is 1. The third kappa shape index (κ3) is 4.06. The van der Waals surface area contributed by atoms with Gasteiger partial charge in [-0.05, 0) is 25.5 Å². The van der Waals surface area contributed by atoms with Crippen molar-refractivity contribution in [3.63, 3.8) is 0 Å². The Morgan fingerprint density at radius 1 is 1.32 bits per heavy atom. The van der Waals surface area contributed by atoms with Gasteiger partial charge < -0.3 is 15.4 Å². The Kier molecular flexibility index (Phi) is 6.23. The van der Waals surface area contributed by atoms with Gasteiger partial charge in [0.15, 0.2) is 11.4 Å². The van der Waals surface area contributed by atoms with Crippen LogP contribution in [-0.4, -0.2) is 44.6 Å². The van der Waals surface area contributed by atoms with Crippen LogP contribution in [-0.2, 0) is 6.54 Å². The number of nitrogens with two attached hydrogens (primary N) is 1. The lowest BCUT2D eigenvalue weighted by Gasteiger charge is -2.19. The molecule has 0 radical (unpaired) electrons. The minimum atomic E-state index is -0.746. The van der Waals surface area contributed by atoms with Crippen LogP contribution >= 0.6 is 0 Å². The largest absolute Gasteiger partial charge is 0.497 e. The van der Waals surface area contributed by atoms with E-state index in [0.29, 0.717) is 30.1 Å². The molecule has 0 atom stereocenters. The molecule has 31 heavy (non-hydrogen) atoms. The summed E-state index contributed by atoms with van der Waals surface area (Å²) in [4.78, 5) is 41.0. The first-order valence-electron chi connectivity index (χ1n) is 9.77. The van der Waals surface area contributed by atoms with E-state index >= 15 is 0 Å². The Balaban J connectivity index is 2.00. The van der Waals surface area contributed by atoms with E-state index in [9.17, 15) is 14.4 Å². The van der Waals surface area contributed by atoms with Gasteiger partial charge in [0.25, 0.3) is 11.5 Å². The van der Waals surface area contributed by atoms with Gasteiger partial charge in [0.2, 0.25) is 0 Å². The van der Waals surface area contributed by atoms with E-state index in [1.54, 1.807) is 38.3 Å². The maximum absolute atomic E-state index is 13.1. The Morgan fingerprint density at radius 2 is 2.06 bits per heavy atom. The molecule has 0 saturated carbocycles. The van der Waals surface area contributed by atoms with Crippen LogP contribution in [0.4, 0.5) is 11.5 Å². The minimum absolute atomic E-state index is 0.0513. The highest BCUT2D eigenvalue weighted by atomic mass is 16.5. The van der Waals surface area contributed by atoms with Crippen LogP contribution in [0.1, 0.15) is 35.9 Å². The molecule has 1 aromatic carbocycles. The summed E-state index contributed by atoms with van der Waals surface area (Å²) >= 11 is 0. The fourth-order valence-corrected chi connectivity index (χ4v) is 3.21. The number of anilines is 2. The van der Waals surface area contributed by atoms with Gasteiger partial charge in [0.1, 0.15) is 11.6 Å². The Hall–Kier alpha value is -3.89. The van der Waals surface area contributed by atoms with Crippen LogP contribution in [0, 0.1) is 6.92 Å². The van der Waals surface area contributed by atoms with Crippen molar-refractivity contribution in [2.24, 2.45) is 0 Å². The van der Waals surface area contributed by atoms with Gasteiger partial charge in [-0.3, -0.25) is 19.1 Å². The van der Waals surface area contributed by atoms with E-state index in [0.717, 1.165) is 11.3 Å². The van der Waals surface area contributed by atoms with Crippen molar-refractivity contribution in [1.29, 1.82) is 0 Å². The van der Waals surface area contributed by atoms with Gasteiger partial charge in [-0.2, -0.15) is 0 Å². The lowest BCUT2D eigenvalue weighted by Crippen LogP contribution is -2.39. The first-order chi connectivity index (χ1) is 14.8. The standard InChI is InChI=1S/C20H25N7O4/c1-5-6-10-26-17(21)16(18(28)22-20(26)30)25(3)19(29)15-12(2)27(24-23-15)13-8-7-9-14(11-13)31-4/h7-9,11H,5-6,10,21H2,1-4H3,(H,22,28,30). The number of aromatic amines is 1. The molecular formula is C20H25N7O4. The van der Waals surface area contributed by atoms with Crippen molar-refractivity contribution >= 4 is 17.4 Å². The maximum Gasteiger partial charge on any atom is 0.330 e. The van der Waals surface area contributed by atoms with Crippen molar-refractivity contribution in [2.45, 2.75) is 33.2 Å². The number of H-pyrrole nitrogens is 1. The molecular weight excluding hydrogens is 402 g/mol. The summed E-state index contributed by atoms with van der Waals surface area (Å²) in [6.07, 6.45) is 1.53. The highest BCUT2D eigenvalue weighted by molar-refractivity contribution is 6.06. The lowest BCUT2D eigenvalue weighted by atomic mass is 10.2. The molecule has 1 amide bonds. The number of methoxy groups -OCH3 is 1. The second-order valence-electron chi connectivity index (χ2n) is 7.00. The van der Waals surface area contributed by atoms with Gasteiger partial charge in [0.05, 0.1) is 18.5 Å². The molecule has 0 spiro atoms. The van der Waals surface area contributed by atoms with Crippen molar-refractivity contribution in [3.8, 4) is 11.4 Å². The molecule has 2 aromatic heterocycles. The third-order valence-electron chi connectivity index (χ3n) is 4.98. The number of nitrogen functional groups attached to an aromatic ring is 1. The van der Waals surface area contributed by atoms with Crippen LogP contribution < -0.4 is 26.6 Å². The minimum Gasteiger partial charge on any atom is -0.497 e. The van der Waals surface area contributed by atoms with E-state index in [-0.39, 0.29) is 17.2 Å². The zero-order chi connectivity index (χ0) is 22.7. The highest BCUT2D eigenvalue weighted by Gasteiger charge is 2.26. The number of carbonyl (C=O) groups is 1. The first kappa shape index (κ1) is 21.8. The molecule has 3 N–H and O–H groups in total. The fraction of sp³-hybridized carbons (Fsp3) is 0.350. The molecule has 0 bridgehead atoms. The molecule has 3 rings (SSSR count). The van der Waals surface area contributed by atoms with Gasteiger partial charge in [0, 0.05) is 19.7 Å². The van der Waals surface area contributed by atoms with Crippen molar-refractivity contribution in [3.05, 3.63) is 56.5 Å². The molecule has 0 fully saturated rings. The Bertz CT molecular complexity index is 1220. The van der Waals surface area contributed by atoms with E-state index in [1.807, 2.05) is 6.92 Å². The predicted molar refractivity (Wildman–Crippen MR) is 116 cm³/mol. The third-order valence-corrected chi connectivity index (χ3v) is 4.98. The summed E-state index contributed by atoms with van der Waals surface area (Å²) < 4.78 is 7.98. The number of rotatable bonds is 7. The number of ether oxygens (including phenoxy) is 1. The van der Waals surface area contributed by atoms with E-state index in [1.165, 1.54) is 16.3 Å². The zero-order valence-electron chi connectivity index (χ0n) is 17.9. The van der Waals surface area contributed by atoms with E-state index in [4.69, 9.17) is 10.5 Å². The second-order valence-corrected chi connectivity index (χ2v) is 7.00. The van der Waals surface area contributed by atoms with Crippen LogP contribution in [0.25, 0.3) is 5.69 Å². The van der Waals surface area contributed by atoms with E-state index in [2.05, 4.69) is 15.3 Å². The molecule has 0 saturated heterocycles. The first-order valence-corrected chi connectivity index (χ1v) is 9.77. The molecule has 3 aromatic rings.